The highest BCUT2D eigenvalue weighted by molar-refractivity contribution is 7.22. The van der Waals surface area contributed by atoms with E-state index in [4.69, 9.17) is 9.72 Å². The summed E-state index contributed by atoms with van der Waals surface area (Å²) in [6, 6.07) is 6.42. The molecule has 8 heteroatoms. The number of piperidine rings is 1. The summed E-state index contributed by atoms with van der Waals surface area (Å²) in [5.41, 5.74) is 0.975. The predicted molar refractivity (Wildman–Crippen MR) is 106 cm³/mol. The molecule has 1 saturated carbocycles. The molecule has 7 nitrogen and oxygen atoms in total. The summed E-state index contributed by atoms with van der Waals surface area (Å²) in [5.74, 6) is 2.15. The van der Waals surface area contributed by atoms with Crippen LogP contribution < -0.4 is 15.3 Å². The minimum atomic E-state index is 0.0354. The molecule has 3 aromatic rings. The number of hydrogen-bond acceptors (Lipinski definition) is 6. The predicted octanol–water partition coefficient (Wildman–Crippen LogP) is 2.92. The van der Waals surface area contributed by atoms with Crippen LogP contribution in [0.4, 0.5) is 5.13 Å². The maximum atomic E-state index is 12.4. The fourth-order valence-corrected chi connectivity index (χ4v) is 5.03. The van der Waals surface area contributed by atoms with Crippen LogP contribution in [0.1, 0.15) is 43.5 Å². The largest absolute Gasteiger partial charge is 0.494 e. The Balaban J connectivity index is 1.37. The van der Waals surface area contributed by atoms with Crippen molar-refractivity contribution in [3.63, 3.8) is 0 Å². The van der Waals surface area contributed by atoms with Crippen LogP contribution in [0.15, 0.2) is 23.0 Å². The summed E-state index contributed by atoms with van der Waals surface area (Å²) in [6.45, 7) is 1.87. The zero-order valence-corrected chi connectivity index (χ0v) is 16.4. The molecule has 0 amide bonds. The van der Waals surface area contributed by atoms with Crippen LogP contribution in [-0.4, -0.2) is 39.5 Å². The molecule has 1 aromatic carbocycles. The molecule has 2 aromatic heterocycles. The molecule has 0 atom stereocenters. The molecule has 1 aliphatic carbocycles. The molecule has 0 unspecified atom stereocenters. The summed E-state index contributed by atoms with van der Waals surface area (Å²) in [5, 5.41) is 5.62. The fraction of sp³-hybridized carbons (Fsp3) is 0.526. The second kappa shape index (κ2) is 6.37. The van der Waals surface area contributed by atoms with Gasteiger partial charge in [0.25, 0.3) is 0 Å². The van der Waals surface area contributed by atoms with Gasteiger partial charge in [0.1, 0.15) is 17.1 Å². The number of anilines is 1. The second-order valence-electron chi connectivity index (χ2n) is 7.43. The number of nitrogens with zero attached hydrogens (tertiary/aromatic N) is 5. The number of para-hydroxylation sites is 1. The first-order valence-electron chi connectivity index (χ1n) is 9.49. The molecule has 27 heavy (non-hydrogen) atoms. The lowest BCUT2D eigenvalue weighted by Crippen LogP contribution is -2.34. The van der Waals surface area contributed by atoms with Crippen LogP contribution in [0.5, 0.6) is 5.75 Å². The van der Waals surface area contributed by atoms with Gasteiger partial charge in [0.15, 0.2) is 5.13 Å². The zero-order chi connectivity index (χ0) is 18.5. The van der Waals surface area contributed by atoms with Crippen molar-refractivity contribution in [2.24, 2.45) is 7.05 Å². The Morgan fingerprint density at radius 2 is 1.96 bits per heavy atom. The van der Waals surface area contributed by atoms with Crippen LogP contribution in [0.3, 0.4) is 0 Å². The third kappa shape index (κ3) is 2.82. The molecule has 0 N–H and O–H groups in total. The Morgan fingerprint density at radius 3 is 2.67 bits per heavy atom. The summed E-state index contributed by atoms with van der Waals surface area (Å²) in [7, 11) is 3.44. The summed E-state index contributed by atoms with van der Waals surface area (Å²) >= 11 is 1.71. The van der Waals surface area contributed by atoms with Gasteiger partial charge in [-0.05, 0) is 37.8 Å². The van der Waals surface area contributed by atoms with Gasteiger partial charge in [-0.15, -0.1) is 0 Å². The molecule has 5 rings (SSSR count). The number of benzene rings is 1. The van der Waals surface area contributed by atoms with E-state index in [9.17, 15) is 4.79 Å². The first-order valence-corrected chi connectivity index (χ1v) is 10.3. The molecular weight excluding hydrogens is 362 g/mol. The van der Waals surface area contributed by atoms with E-state index in [1.165, 1.54) is 4.68 Å². The smallest absolute Gasteiger partial charge is 0.345 e. The van der Waals surface area contributed by atoms with Crippen molar-refractivity contribution in [2.45, 2.75) is 37.6 Å². The number of hydrogen-bond donors (Lipinski definition) is 0. The number of ether oxygens (including phenoxy) is 1. The second-order valence-corrected chi connectivity index (χ2v) is 8.44. The molecule has 0 radical (unpaired) electrons. The molecule has 2 aliphatic rings. The molecule has 1 aliphatic heterocycles. The molecule has 3 heterocycles. The van der Waals surface area contributed by atoms with Gasteiger partial charge in [0, 0.05) is 32.1 Å². The topological polar surface area (TPSA) is 65.2 Å². The van der Waals surface area contributed by atoms with E-state index < -0.39 is 0 Å². The summed E-state index contributed by atoms with van der Waals surface area (Å²) in [6.07, 6.45) is 4.20. The molecule has 0 spiro atoms. The van der Waals surface area contributed by atoms with Gasteiger partial charge in [-0.2, -0.15) is 5.10 Å². The molecule has 1 saturated heterocycles. The van der Waals surface area contributed by atoms with Gasteiger partial charge in [-0.1, -0.05) is 17.4 Å². The van der Waals surface area contributed by atoms with Crippen LogP contribution >= 0.6 is 11.3 Å². The number of aromatic nitrogens is 4. The van der Waals surface area contributed by atoms with Crippen LogP contribution in [0.2, 0.25) is 0 Å². The van der Waals surface area contributed by atoms with Gasteiger partial charge >= 0.3 is 5.69 Å². The fourth-order valence-electron chi connectivity index (χ4n) is 3.99. The maximum Gasteiger partial charge on any atom is 0.345 e. The summed E-state index contributed by atoms with van der Waals surface area (Å²) in [4.78, 5) is 19.6. The van der Waals surface area contributed by atoms with Crippen molar-refractivity contribution in [2.75, 3.05) is 25.1 Å². The van der Waals surface area contributed by atoms with Gasteiger partial charge in [-0.3, -0.25) is 4.57 Å². The average Bonchev–Trinajstić information content (AvgIpc) is 3.35. The number of aryl methyl sites for hydroxylation is 1. The third-order valence-corrected chi connectivity index (χ3v) is 6.70. The van der Waals surface area contributed by atoms with E-state index in [0.29, 0.717) is 12.0 Å². The van der Waals surface area contributed by atoms with Crippen LogP contribution in [0, 0.1) is 0 Å². The van der Waals surface area contributed by atoms with Gasteiger partial charge in [0.2, 0.25) is 0 Å². The van der Waals surface area contributed by atoms with Crippen LogP contribution in [0.25, 0.3) is 10.2 Å². The average molecular weight is 385 g/mol. The van der Waals surface area contributed by atoms with E-state index in [0.717, 1.165) is 65.7 Å². The minimum absolute atomic E-state index is 0.0354. The Morgan fingerprint density at radius 1 is 1.19 bits per heavy atom. The Bertz CT molecular complexity index is 1040. The van der Waals surface area contributed by atoms with Gasteiger partial charge < -0.3 is 9.64 Å². The van der Waals surface area contributed by atoms with E-state index >= 15 is 0 Å². The standard InChI is InChI=1S/C19H23N5O2S/c1-22-19(25)24(13-6-7-13)17(21-22)12-8-10-23(11-9-12)18-20-16-14(26-2)4-3-5-15(16)27-18/h3-5,12-13H,6-11H2,1-2H3. The van der Waals surface area contributed by atoms with E-state index in [1.807, 2.05) is 16.7 Å². The maximum absolute atomic E-state index is 12.4. The van der Waals surface area contributed by atoms with Crippen molar-refractivity contribution in [3.05, 3.63) is 34.5 Å². The summed E-state index contributed by atoms with van der Waals surface area (Å²) < 4.78 is 10.0. The highest BCUT2D eigenvalue weighted by Gasteiger charge is 2.34. The minimum Gasteiger partial charge on any atom is -0.494 e. The van der Waals surface area contributed by atoms with Gasteiger partial charge in [0.05, 0.1) is 11.8 Å². The monoisotopic (exact) mass is 385 g/mol. The van der Waals surface area contributed by atoms with E-state index in [1.54, 1.807) is 25.5 Å². The lowest BCUT2D eigenvalue weighted by molar-refractivity contribution is 0.419. The Hall–Kier alpha value is -2.35. The number of fused-ring (bicyclic) bond motifs is 1. The molecule has 0 bridgehead atoms. The number of rotatable bonds is 4. The number of methoxy groups -OCH3 is 1. The lowest BCUT2D eigenvalue weighted by atomic mass is 9.96. The van der Waals surface area contributed by atoms with E-state index in [2.05, 4.69) is 16.1 Å². The van der Waals surface area contributed by atoms with Crippen LogP contribution in [-0.2, 0) is 7.05 Å². The zero-order valence-electron chi connectivity index (χ0n) is 15.6. The molecular formula is C19H23N5O2S. The first kappa shape index (κ1) is 16.8. The van der Waals surface area contributed by atoms with Gasteiger partial charge in [-0.25, -0.2) is 14.5 Å². The highest BCUT2D eigenvalue weighted by Crippen LogP contribution is 2.39. The number of thiazole rings is 1. The molecule has 142 valence electrons. The normalized spacial score (nSPS) is 18.4. The van der Waals surface area contributed by atoms with Crippen molar-refractivity contribution in [1.82, 2.24) is 19.3 Å². The third-order valence-electron chi connectivity index (χ3n) is 5.62. The lowest BCUT2D eigenvalue weighted by Gasteiger charge is -2.31. The molecule has 2 fully saturated rings. The van der Waals surface area contributed by atoms with Crippen molar-refractivity contribution in [3.8, 4) is 5.75 Å². The van der Waals surface area contributed by atoms with E-state index in [-0.39, 0.29) is 5.69 Å². The quantitative estimate of drug-likeness (QED) is 0.691. The first-order chi connectivity index (χ1) is 13.2. The highest BCUT2D eigenvalue weighted by atomic mass is 32.1. The SMILES string of the molecule is COc1cccc2sc(N3CCC(c4nn(C)c(=O)n4C4CC4)CC3)nc12. The van der Waals surface area contributed by atoms with Crippen molar-refractivity contribution < 1.29 is 4.74 Å². The van der Waals surface area contributed by atoms with Crippen molar-refractivity contribution in [1.29, 1.82) is 0 Å². The Labute approximate surface area is 161 Å². The van der Waals surface area contributed by atoms with Crippen molar-refractivity contribution >= 4 is 26.7 Å². The Kier molecular flexibility index (Phi) is 3.96.